The van der Waals surface area contributed by atoms with Crippen LogP contribution in [0.2, 0.25) is 0 Å². The monoisotopic (exact) mass is 426 g/mol. The van der Waals surface area contributed by atoms with Crippen LogP contribution >= 0.6 is 0 Å². The zero-order valence-corrected chi connectivity index (χ0v) is 17.3. The number of anilines is 2. The minimum Gasteiger partial charge on any atom is -0.497 e. The summed E-state index contributed by atoms with van der Waals surface area (Å²) in [4.78, 5) is 12.4. The van der Waals surface area contributed by atoms with E-state index in [4.69, 9.17) is 4.74 Å². The van der Waals surface area contributed by atoms with Crippen LogP contribution < -0.4 is 14.8 Å². The number of rotatable bonds is 7. The van der Waals surface area contributed by atoms with Crippen LogP contribution in [0.4, 0.5) is 11.4 Å². The van der Waals surface area contributed by atoms with Crippen molar-refractivity contribution in [2.75, 3.05) is 17.1 Å². The number of hydrogen-bond donors (Lipinski definition) is 3. The molecule has 1 atom stereocenters. The van der Waals surface area contributed by atoms with Crippen LogP contribution in [-0.4, -0.2) is 26.5 Å². The highest BCUT2D eigenvalue weighted by Gasteiger charge is 2.15. The highest BCUT2D eigenvalue weighted by atomic mass is 32.2. The van der Waals surface area contributed by atoms with Crippen molar-refractivity contribution in [1.82, 2.24) is 0 Å². The Labute approximate surface area is 175 Å². The molecule has 0 bridgehead atoms. The maximum absolute atomic E-state index is 12.5. The standard InChI is InChI=1S/C22H22N2O5S/c1-15(25)16-5-13-21(14-6-16)30(27,28)24-19-7-3-17(4-8-19)22(26)23-18-9-11-20(29-2)12-10-18/h3-15,24-25H,1-2H3,(H,23,26)/t15-/m0/s1. The molecule has 3 aromatic carbocycles. The molecule has 0 saturated carbocycles. The first-order valence-electron chi connectivity index (χ1n) is 9.15. The molecule has 30 heavy (non-hydrogen) atoms. The number of ether oxygens (including phenoxy) is 1. The Morgan fingerprint density at radius 3 is 2.00 bits per heavy atom. The lowest BCUT2D eigenvalue weighted by atomic mass is 10.1. The van der Waals surface area contributed by atoms with Gasteiger partial charge in [0.25, 0.3) is 15.9 Å². The minimum atomic E-state index is -3.79. The van der Waals surface area contributed by atoms with Crippen molar-refractivity contribution in [3.05, 3.63) is 83.9 Å². The third-order valence-electron chi connectivity index (χ3n) is 4.42. The fourth-order valence-corrected chi connectivity index (χ4v) is 3.77. The second-order valence-electron chi connectivity index (χ2n) is 6.61. The number of carbonyl (C=O) groups is 1. The van der Waals surface area contributed by atoms with Gasteiger partial charge in [0.1, 0.15) is 5.75 Å². The molecule has 0 aliphatic heterocycles. The van der Waals surface area contributed by atoms with Crippen molar-refractivity contribution in [3.63, 3.8) is 0 Å². The largest absolute Gasteiger partial charge is 0.497 e. The second kappa shape index (κ2) is 8.98. The van der Waals surface area contributed by atoms with Crippen molar-refractivity contribution >= 4 is 27.3 Å². The average molecular weight is 426 g/mol. The SMILES string of the molecule is COc1ccc(NC(=O)c2ccc(NS(=O)(=O)c3ccc([C@H](C)O)cc3)cc2)cc1. The molecule has 0 heterocycles. The molecule has 0 spiro atoms. The van der Waals surface area contributed by atoms with Gasteiger partial charge in [0.15, 0.2) is 0 Å². The van der Waals surface area contributed by atoms with E-state index in [0.29, 0.717) is 28.3 Å². The summed E-state index contributed by atoms with van der Waals surface area (Å²) in [5.41, 5.74) is 1.96. The van der Waals surface area contributed by atoms with Crippen molar-refractivity contribution in [2.24, 2.45) is 0 Å². The summed E-state index contributed by atoms with van der Waals surface area (Å²) in [7, 11) is -2.22. The minimum absolute atomic E-state index is 0.0771. The van der Waals surface area contributed by atoms with Crippen LogP contribution in [0.3, 0.4) is 0 Å². The van der Waals surface area contributed by atoms with Gasteiger partial charge in [0.05, 0.1) is 18.1 Å². The predicted molar refractivity (Wildman–Crippen MR) is 115 cm³/mol. The van der Waals surface area contributed by atoms with Gasteiger partial charge < -0.3 is 15.2 Å². The van der Waals surface area contributed by atoms with E-state index in [1.807, 2.05) is 0 Å². The number of carbonyl (C=O) groups excluding carboxylic acids is 1. The average Bonchev–Trinajstić information content (AvgIpc) is 2.74. The topological polar surface area (TPSA) is 105 Å². The zero-order chi connectivity index (χ0) is 21.7. The van der Waals surface area contributed by atoms with Gasteiger partial charge >= 0.3 is 0 Å². The summed E-state index contributed by atoms with van der Waals surface area (Å²) in [6.07, 6.45) is -0.675. The smallest absolute Gasteiger partial charge is 0.261 e. The summed E-state index contributed by atoms with van der Waals surface area (Å²) in [6, 6.07) is 19.0. The lowest BCUT2D eigenvalue weighted by molar-refractivity contribution is 0.102. The number of nitrogens with one attached hydrogen (secondary N) is 2. The van der Waals surface area contributed by atoms with Gasteiger partial charge in [-0.05, 0) is 73.2 Å². The summed E-state index contributed by atoms with van der Waals surface area (Å²) in [5, 5.41) is 12.3. The van der Waals surface area contributed by atoms with Crippen LogP contribution in [0, 0.1) is 0 Å². The Balaban J connectivity index is 1.67. The maximum Gasteiger partial charge on any atom is 0.261 e. The second-order valence-corrected chi connectivity index (χ2v) is 8.29. The molecular weight excluding hydrogens is 404 g/mol. The van der Waals surface area contributed by atoms with Gasteiger partial charge in [-0.25, -0.2) is 8.42 Å². The summed E-state index contributed by atoms with van der Waals surface area (Å²) < 4.78 is 32.6. The first kappa shape index (κ1) is 21.4. The van der Waals surface area contributed by atoms with Gasteiger partial charge in [0, 0.05) is 16.9 Å². The lowest BCUT2D eigenvalue weighted by Crippen LogP contribution is -2.14. The highest BCUT2D eigenvalue weighted by molar-refractivity contribution is 7.92. The molecule has 3 rings (SSSR count). The van der Waals surface area contributed by atoms with Gasteiger partial charge in [-0.15, -0.1) is 0 Å². The van der Waals surface area contributed by atoms with E-state index in [1.165, 1.54) is 36.4 Å². The molecule has 8 heteroatoms. The molecule has 3 N–H and O–H groups in total. The predicted octanol–water partition coefficient (Wildman–Crippen LogP) is 3.80. The number of aliphatic hydroxyl groups is 1. The zero-order valence-electron chi connectivity index (χ0n) is 16.5. The molecule has 1 amide bonds. The fraction of sp³-hybridized carbons (Fsp3) is 0.136. The van der Waals surface area contributed by atoms with E-state index in [1.54, 1.807) is 50.4 Å². The van der Waals surface area contributed by atoms with Gasteiger partial charge in [-0.2, -0.15) is 0 Å². The number of hydrogen-bond acceptors (Lipinski definition) is 5. The van der Waals surface area contributed by atoms with Gasteiger partial charge in [0.2, 0.25) is 0 Å². The molecular formula is C22H22N2O5S. The lowest BCUT2D eigenvalue weighted by Gasteiger charge is -2.11. The summed E-state index contributed by atoms with van der Waals surface area (Å²) >= 11 is 0. The van der Waals surface area contributed by atoms with Crippen LogP contribution in [0.1, 0.15) is 28.9 Å². The van der Waals surface area contributed by atoms with Crippen LogP contribution in [0.25, 0.3) is 0 Å². The Bertz CT molecular complexity index is 1110. The summed E-state index contributed by atoms with van der Waals surface area (Å²) in [5.74, 6) is 0.369. The molecule has 0 unspecified atom stereocenters. The van der Waals surface area contributed by atoms with Gasteiger partial charge in [-0.1, -0.05) is 12.1 Å². The van der Waals surface area contributed by atoms with E-state index >= 15 is 0 Å². The molecule has 156 valence electrons. The van der Waals surface area contributed by atoms with E-state index in [9.17, 15) is 18.3 Å². The number of sulfonamides is 1. The van der Waals surface area contributed by atoms with Crippen molar-refractivity contribution in [3.8, 4) is 5.75 Å². The Hall–Kier alpha value is -3.36. The highest BCUT2D eigenvalue weighted by Crippen LogP contribution is 2.20. The van der Waals surface area contributed by atoms with E-state index in [0.717, 1.165) is 0 Å². The van der Waals surface area contributed by atoms with E-state index < -0.39 is 16.1 Å². The van der Waals surface area contributed by atoms with Crippen LogP contribution in [-0.2, 0) is 10.0 Å². The third kappa shape index (κ3) is 5.16. The number of methoxy groups -OCH3 is 1. The maximum atomic E-state index is 12.5. The molecule has 3 aromatic rings. The van der Waals surface area contributed by atoms with E-state index in [2.05, 4.69) is 10.0 Å². The quantitative estimate of drug-likeness (QED) is 0.533. The normalized spacial score (nSPS) is 12.1. The van der Waals surface area contributed by atoms with Crippen molar-refractivity contribution in [1.29, 1.82) is 0 Å². The molecule has 7 nitrogen and oxygen atoms in total. The molecule has 0 aliphatic rings. The number of aliphatic hydroxyl groups excluding tert-OH is 1. The van der Waals surface area contributed by atoms with Crippen molar-refractivity contribution < 1.29 is 23.1 Å². The Morgan fingerprint density at radius 1 is 0.900 bits per heavy atom. The first-order valence-corrected chi connectivity index (χ1v) is 10.6. The van der Waals surface area contributed by atoms with Crippen LogP contribution in [0.15, 0.2) is 77.7 Å². The van der Waals surface area contributed by atoms with Crippen molar-refractivity contribution in [2.45, 2.75) is 17.9 Å². The fourth-order valence-electron chi connectivity index (χ4n) is 2.71. The third-order valence-corrected chi connectivity index (χ3v) is 5.82. The Morgan fingerprint density at radius 2 is 1.47 bits per heavy atom. The Kier molecular flexibility index (Phi) is 6.39. The number of amides is 1. The molecule has 0 aromatic heterocycles. The first-order chi connectivity index (χ1) is 14.3. The summed E-state index contributed by atoms with van der Waals surface area (Å²) in [6.45, 7) is 1.61. The van der Waals surface area contributed by atoms with Crippen LogP contribution in [0.5, 0.6) is 5.75 Å². The molecule has 0 aliphatic carbocycles. The van der Waals surface area contributed by atoms with Gasteiger partial charge in [-0.3, -0.25) is 9.52 Å². The molecule has 0 saturated heterocycles. The molecule has 0 radical (unpaired) electrons. The molecule has 0 fully saturated rings. The van der Waals surface area contributed by atoms with E-state index in [-0.39, 0.29) is 10.8 Å². The number of benzene rings is 3.